The molecule has 0 saturated heterocycles. The summed E-state index contributed by atoms with van der Waals surface area (Å²) in [5.41, 5.74) is -1.07. The molecule has 0 saturated carbocycles. The zero-order valence-electron chi connectivity index (χ0n) is 8.95. The van der Waals surface area contributed by atoms with Crippen LogP contribution in [-0.2, 0) is 14.8 Å². The molecule has 94 valence electrons. The van der Waals surface area contributed by atoms with Crippen LogP contribution in [0.25, 0.3) is 0 Å². The van der Waals surface area contributed by atoms with E-state index >= 15 is 0 Å². The fourth-order valence-corrected chi connectivity index (χ4v) is 1.65. The van der Waals surface area contributed by atoms with Crippen molar-refractivity contribution in [3.63, 3.8) is 0 Å². The Morgan fingerprint density at radius 3 is 2.35 bits per heavy atom. The van der Waals surface area contributed by atoms with Crippen LogP contribution in [0, 0.1) is 11.6 Å². The minimum absolute atomic E-state index is 0.403. The van der Waals surface area contributed by atoms with E-state index in [2.05, 4.69) is 4.74 Å². The van der Waals surface area contributed by atoms with Gasteiger partial charge in [0.1, 0.15) is 11.6 Å². The predicted molar refractivity (Wildman–Crippen MR) is 56.2 cm³/mol. The van der Waals surface area contributed by atoms with Crippen molar-refractivity contribution in [2.75, 3.05) is 18.1 Å². The first-order valence-electron chi connectivity index (χ1n) is 4.29. The molecule has 0 atom stereocenters. The topological polar surface area (TPSA) is 72.5 Å². The van der Waals surface area contributed by atoms with Crippen LogP contribution >= 0.6 is 0 Å². The van der Waals surface area contributed by atoms with Crippen molar-refractivity contribution in [1.82, 2.24) is 0 Å². The Balaban J connectivity index is 3.29. The van der Waals surface area contributed by atoms with Gasteiger partial charge in [0.05, 0.1) is 24.6 Å². The molecule has 0 spiro atoms. The zero-order chi connectivity index (χ0) is 13.2. The highest BCUT2D eigenvalue weighted by Gasteiger charge is 2.18. The van der Waals surface area contributed by atoms with Crippen LogP contribution < -0.4 is 4.72 Å². The van der Waals surface area contributed by atoms with E-state index < -0.39 is 38.9 Å². The lowest BCUT2D eigenvalue weighted by atomic mass is 10.2. The Labute approximate surface area is 96.4 Å². The Morgan fingerprint density at radius 2 is 1.88 bits per heavy atom. The molecule has 1 rings (SSSR count). The van der Waals surface area contributed by atoms with E-state index in [0.29, 0.717) is 6.07 Å². The summed E-state index contributed by atoms with van der Waals surface area (Å²) < 4.78 is 54.3. The van der Waals surface area contributed by atoms with E-state index in [0.717, 1.165) is 19.4 Å². The highest BCUT2D eigenvalue weighted by Crippen LogP contribution is 2.20. The van der Waals surface area contributed by atoms with Crippen molar-refractivity contribution in [2.45, 2.75) is 0 Å². The lowest BCUT2D eigenvalue weighted by Crippen LogP contribution is -2.13. The van der Waals surface area contributed by atoms with Gasteiger partial charge >= 0.3 is 5.97 Å². The number of esters is 1. The van der Waals surface area contributed by atoms with E-state index in [1.54, 1.807) is 0 Å². The molecule has 1 aromatic rings. The number of halogens is 2. The molecule has 5 nitrogen and oxygen atoms in total. The number of hydrogen-bond donors (Lipinski definition) is 1. The Hall–Kier alpha value is -1.70. The van der Waals surface area contributed by atoms with Gasteiger partial charge in [0, 0.05) is 6.07 Å². The number of methoxy groups -OCH3 is 1. The molecule has 0 aliphatic carbocycles. The molecular weight excluding hydrogens is 256 g/mol. The molecule has 0 aliphatic heterocycles. The SMILES string of the molecule is COC(=O)c1cc(NS(C)(=O)=O)c(F)cc1F. The van der Waals surface area contributed by atoms with Crippen molar-refractivity contribution >= 4 is 21.7 Å². The Morgan fingerprint density at radius 1 is 1.29 bits per heavy atom. The number of rotatable bonds is 3. The summed E-state index contributed by atoms with van der Waals surface area (Å²) in [6, 6.07) is 1.14. The largest absolute Gasteiger partial charge is 0.465 e. The quantitative estimate of drug-likeness (QED) is 0.831. The number of nitrogens with one attached hydrogen (secondary N) is 1. The molecule has 0 amide bonds. The van der Waals surface area contributed by atoms with Gasteiger partial charge in [-0.15, -0.1) is 0 Å². The van der Waals surface area contributed by atoms with Crippen molar-refractivity contribution in [2.24, 2.45) is 0 Å². The van der Waals surface area contributed by atoms with Crippen LogP contribution in [0.5, 0.6) is 0 Å². The highest BCUT2D eigenvalue weighted by molar-refractivity contribution is 7.92. The van der Waals surface area contributed by atoms with E-state index in [4.69, 9.17) is 0 Å². The van der Waals surface area contributed by atoms with E-state index in [9.17, 15) is 22.0 Å². The molecule has 0 unspecified atom stereocenters. The van der Waals surface area contributed by atoms with Crippen LogP contribution in [0.2, 0.25) is 0 Å². The lowest BCUT2D eigenvalue weighted by molar-refractivity contribution is 0.0595. The summed E-state index contributed by atoms with van der Waals surface area (Å²) >= 11 is 0. The third-order valence-electron chi connectivity index (χ3n) is 1.76. The van der Waals surface area contributed by atoms with Crippen molar-refractivity contribution < 1.29 is 26.7 Å². The van der Waals surface area contributed by atoms with Crippen molar-refractivity contribution in [1.29, 1.82) is 0 Å². The Bertz CT molecular complexity index is 556. The van der Waals surface area contributed by atoms with Gasteiger partial charge in [0.25, 0.3) is 0 Å². The van der Waals surface area contributed by atoms with Gasteiger partial charge in [-0.2, -0.15) is 0 Å². The second kappa shape index (κ2) is 4.66. The average Bonchev–Trinajstić information content (AvgIpc) is 2.19. The first kappa shape index (κ1) is 13.4. The summed E-state index contributed by atoms with van der Waals surface area (Å²) in [7, 11) is -2.70. The summed E-state index contributed by atoms with van der Waals surface area (Å²) in [6.45, 7) is 0. The number of carbonyl (C=O) groups excluding carboxylic acids is 1. The molecule has 17 heavy (non-hydrogen) atoms. The van der Waals surface area contributed by atoms with Crippen LogP contribution in [0.4, 0.5) is 14.5 Å². The third kappa shape index (κ3) is 3.38. The molecule has 1 aromatic carbocycles. The van der Waals surface area contributed by atoms with Crippen LogP contribution in [0.1, 0.15) is 10.4 Å². The highest BCUT2D eigenvalue weighted by atomic mass is 32.2. The summed E-state index contributed by atoms with van der Waals surface area (Å²) in [6.07, 6.45) is 0.799. The maximum atomic E-state index is 13.2. The fraction of sp³-hybridized carbons (Fsp3) is 0.222. The summed E-state index contributed by atoms with van der Waals surface area (Å²) in [5.74, 6) is -3.28. The van der Waals surface area contributed by atoms with Crippen LogP contribution in [-0.4, -0.2) is 27.8 Å². The van der Waals surface area contributed by atoms with E-state index in [1.807, 2.05) is 4.72 Å². The van der Waals surface area contributed by atoms with Crippen molar-refractivity contribution in [3.05, 3.63) is 29.3 Å². The van der Waals surface area contributed by atoms with E-state index in [-0.39, 0.29) is 0 Å². The minimum atomic E-state index is -3.73. The van der Waals surface area contributed by atoms with Gasteiger partial charge in [-0.05, 0) is 6.07 Å². The number of carbonyl (C=O) groups is 1. The number of sulfonamides is 1. The van der Waals surface area contributed by atoms with E-state index in [1.165, 1.54) is 0 Å². The van der Waals surface area contributed by atoms with Gasteiger partial charge < -0.3 is 4.74 Å². The number of hydrogen-bond acceptors (Lipinski definition) is 4. The van der Waals surface area contributed by atoms with Gasteiger partial charge in [0.15, 0.2) is 0 Å². The zero-order valence-corrected chi connectivity index (χ0v) is 9.77. The monoisotopic (exact) mass is 265 g/mol. The molecule has 0 heterocycles. The number of ether oxygens (including phenoxy) is 1. The summed E-state index contributed by atoms with van der Waals surface area (Å²) in [5, 5.41) is 0. The van der Waals surface area contributed by atoms with Gasteiger partial charge in [-0.1, -0.05) is 0 Å². The smallest absolute Gasteiger partial charge is 0.340 e. The third-order valence-corrected chi connectivity index (χ3v) is 2.35. The minimum Gasteiger partial charge on any atom is -0.465 e. The molecule has 0 bridgehead atoms. The molecule has 0 fully saturated rings. The molecule has 1 N–H and O–H groups in total. The van der Waals surface area contributed by atoms with Crippen molar-refractivity contribution in [3.8, 4) is 0 Å². The second-order valence-corrected chi connectivity index (χ2v) is 4.93. The van der Waals surface area contributed by atoms with Crippen LogP contribution in [0.3, 0.4) is 0 Å². The molecule has 8 heteroatoms. The second-order valence-electron chi connectivity index (χ2n) is 3.18. The molecular formula is C9H9F2NO4S. The maximum Gasteiger partial charge on any atom is 0.340 e. The van der Waals surface area contributed by atoms with Gasteiger partial charge in [-0.25, -0.2) is 22.0 Å². The first-order valence-corrected chi connectivity index (χ1v) is 6.19. The molecule has 0 aliphatic rings. The predicted octanol–water partition coefficient (Wildman–Crippen LogP) is 1.12. The van der Waals surface area contributed by atoms with Crippen LogP contribution in [0.15, 0.2) is 12.1 Å². The number of benzene rings is 1. The maximum absolute atomic E-state index is 13.2. The van der Waals surface area contributed by atoms with Gasteiger partial charge in [0.2, 0.25) is 10.0 Å². The average molecular weight is 265 g/mol. The normalized spacial score (nSPS) is 11.1. The van der Waals surface area contributed by atoms with Gasteiger partial charge in [-0.3, -0.25) is 4.72 Å². The first-order chi connectivity index (χ1) is 7.74. The molecule has 0 aromatic heterocycles. The summed E-state index contributed by atoms with van der Waals surface area (Å²) in [4.78, 5) is 11.1. The fourth-order valence-electron chi connectivity index (χ4n) is 1.09. The Kier molecular flexibility index (Phi) is 3.66. The number of anilines is 1. The standard InChI is InChI=1S/C9H9F2NO4S/c1-16-9(13)5-3-8(12-17(2,14)15)7(11)4-6(5)10/h3-4,12H,1-2H3. The lowest BCUT2D eigenvalue weighted by Gasteiger charge is -2.08. The molecule has 0 radical (unpaired) electrons.